The number of carbonyl (C=O) groups excluding carboxylic acids is 1. The van der Waals surface area contributed by atoms with Crippen molar-refractivity contribution < 1.29 is 4.79 Å². The highest BCUT2D eigenvalue weighted by molar-refractivity contribution is 5.87. The zero-order valence-electron chi connectivity index (χ0n) is 19.3. The molecule has 3 heterocycles. The van der Waals surface area contributed by atoms with Crippen molar-refractivity contribution in [1.29, 1.82) is 0 Å². The van der Waals surface area contributed by atoms with E-state index in [1.165, 1.54) is 0 Å². The van der Waals surface area contributed by atoms with Crippen LogP contribution in [0.2, 0.25) is 0 Å². The van der Waals surface area contributed by atoms with E-state index in [-0.39, 0.29) is 23.4 Å². The van der Waals surface area contributed by atoms with E-state index in [4.69, 9.17) is 4.98 Å². The lowest BCUT2D eigenvalue weighted by Crippen LogP contribution is -2.49. The van der Waals surface area contributed by atoms with E-state index in [9.17, 15) is 9.59 Å². The van der Waals surface area contributed by atoms with Crippen LogP contribution < -0.4 is 10.9 Å². The topological polar surface area (TPSA) is 79.8 Å². The lowest BCUT2D eigenvalue weighted by atomic mass is 9.96. The highest BCUT2D eigenvalue weighted by Crippen LogP contribution is 2.31. The summed E-state index contributed by atoms with van der Waals surface area (Å²) in [5.74, 6) is 0.613. The third kappa shape index (κ3) is 3.60. The number of benzene rings is 2. The molecule has 5 rings (SSSR count). The van der Waals surface area contributed by atoms with Crippen LogP contribution in [0, 0.1) is 12.8 Å². The number of nitrogens with one attached hydrogen (secondary N) is 2. The maximum absolute atomic E-state index is 13.6. The van der Waals surface area contributed by atoms with Crippen molar-refractivity contribution in [2.75, 3.05) is 0 Å². The average Bonchev–Trinajstić information content (AvgIpc) is 3.20. The van der Waals surface area contributed by atoms with Gasteiger partial charge in [-0.3, -0.25) is 14.2 Å². The molecule has 2 atom stereocenters. The molecule has 0 bridgehead atoms. The number of carbonyl (C=O) groups is 1. The molecule has 2 N–H and O–H groups in total. The minimum atomic E-state index is -0.640. The number of H-pyrrole nitrogens is 1. The van der Waals surface area contributed by atoms with E-state index in [1.807, 2.05) is 83.3 Å². The average molecular weight is 431 g/mol. The molecule has 6 heteroatoms. The highest BCUT2D eigenvalue weighted by Gasteiger charge is 2.37. The predicted molar refractivity (Wildman–Crippen MR) is 129 cm³/mol. The largest absolute Gasteiger partial charge is 0.361 e. The lowest BCUT2D eigenvalue weighted by molar-refractivity contribution is -0.127. The van der Waals surface area contributed by atoms with Crippen LogP contribution in [0.4, 0.5) is 0 Å². The summed E-state index contributed by atoms with van der Waals surface area (Å²) in [6, 6.07) is 12.8. The molecule has 1 aliphatic heterocycles. The number of para-hydroxylation sites is 1. The summed E-state index contributed by atoms with van der Waals surface area (Å²) in [4.78, 5) is 34.9. The summed E-state index contributed by atoms with van der Waals surface area (Å²) in [6.45, 7) is 10.0. The van der Waals surface area contributed by atoms with Gasteiger partial charge in [0.2, 0.25) is 5.91 Å². The number of rotatable bonds is 3. The maximum Gasteiger partial charge on any atom is 0.262 e. The number of aromatic amines is 1. The van der Waals surface area contributed by atoms with Gasteiger partial charge in [0.15, 0.2) is 0 Å². The second-order valence-corrected chi connectivity index (χ2v) is 8.48. The first kappa shape index (κ1) is 21.8. The molecule has 1 amide bonds. The fraction of sp³-hybridized carbons (Fsp3) is 0.346. The number of hydrogen-bond acceptors (Lipinski definition) is 3. The molecule has 2 unspecified atom stereocenters. The second-order valence-electron chi connectivity index (χ2n) is 8.48. The Morgan fingerprint density at radius 1 is 1.06 bits per heavy atom. The number of amides is 1. The van der Waals surface area contributed by atoms with Gasteiger partial charge in [-0.05, 0) is 36.6 Å². The Morgan fingerprint density at radius 2 is 1.81 bits per heavy atom. The van der Waals surface area contributed by atoms with Gasteiger partial charge < -0.3 is 10.3 Å². The van der Waals surface area contributed by atoms with Crippen LogP contribution in [0.1, 0.15) is 56.7 Å². The summed E-state index contributed by atoms with van der Waals surface area (Å²) in [5, 5.41) is 4.74. The van der Waals surface area contributed by atoms with E-state index in [1.54, 1.807) is 4.57 Å². The third-order valence-electron chi connectivity index (χ3n) is 6.03. The number of nitrogens with zero attached hydrogens (tertiary/aromatic N) is 2. The molecule has 0 saturated carbocycles. The first-order valence-electron chi connectivity index (χ1n) is 11.3. The van der Waals surface area contributed by atoms with Crippen molar-refractivity contribution in [3.63, 3.8) is 0 Å². The van der Waals surface area contributed by atoms with Crippen LogP contribution in [0.15, 0.2) is 53.5 Å². The van der Waals surface area contributed by atoms with Gasteiger partial charge in [-0.2, -0.15) is 0 Å². The molecule has 0 radical (unpaired) electrons. The Balaban J connectivity index is 0.00000119. The smallest absolute Gasteiger partial charge is 0.262 e. The molecular formula is C26H30N4O2. The number of fused-ring (bicyclic) bond motifs is 3. The first-order valence-corrected chi connectivity index (χ1v) is 11.3. The molecule has 2 aromatic carbocycles. The molecule has 6 nitrogen and oxygen atoms in total. The van der Waals surface area contributed by atoms with Gasteiger partial charge in [0.1, 0.15) is 11.9 Å². The summed E-state index contributed by atoms with van der Waals surface area (Å²) in [5.41, 5.74) is 3.55. The van der Waals surface area contributed by atoms with Crippen LogP contribution in [-0.2, 0) is 11.2 Å². The van der Waals surface area contributed by atoms with Gasteiger partial charge >= 0.3 is 0 Å². The van der Waals surface area contributed by atoms with Gasteiger partial charge in [-0.25, -0.2) is 4.98 Å². The normalized spacial score (nSPS) is 17.8. The quantitative estimate of drug-likeness (QED) is 0.489. The Kier molecular flexibility index (Phi) is 5.87. The van der Waals surface area contributed by atoms with E-state index >= 15 is 0 Å². The maximum atomic E-state index is 13.6. The zero-order chi connectivity index (χ0) is 23.0. The fourth-order valence-electron chi connectivity index (χ4n) is 4.44. The van der Waals surface area contributed by atoms with E-state index in [0.29, 0.717) is 23.1 Å². The Morgan fingerprint density at radius 3 is 2.56 bits per heavy atom. The molecule has 32 heavy (non-hydrogen) atoms. The first-order chi connectivity index (χ1) is 15.4. The van der Waals surface area contributed by atoms with Crippen LogP contribution in [-0.4, -0.2) is 20.4 Å². The van der Waals surface area contributed by atoms with Crippen LogP contribution in [0.25, 0.3) is 21.8 Å². The summed E-state index contributed by atoms with van der Waals surface area (Å²) in [6.07, 6.45) is 2.35. The van der Waals surface area contributed by atoms with Crippen molar-refractivity contribution >= 4 is 27.7 Å². The molecule has 2 aromatic heterocycles. The van der Waals surface area contributed by atoms with Crippen molar-refractivity contribution in [3.05, 3.63) is 76.0 Å². The summed E-state index contributed by atoms with van der Waals surface area (Å²) >= 11 is 0. The number of aromatic nitrogens is 3. The van der Waals surface area contributed by atoms with Gasteiger partial charge in [-0.15, -0.1) is 0 Å². The monoisotopic (exact) mass is 430 g/mol. The van der Waals surface area contributed by atoms with Gasteiger partial charge in [-0.1, -0.05) is 57.5 Å². The molecule has 0 spiro atoms. The Labute approximate surface area is 187 Å². The fourth-order valence-corrected chi connectivity index (χ4v) is 4.44. The van der Waals surface area contributed by atoms with Crippen molar-refractivity contribution in [3.8, 4) is 0 Å². The van der Waals surface area contributed by atoms with Gasteiger partial charge in [0.05, 0.1) is 16.9 Å². The number of aryl methyl sites for hydroxylation is 1. The van der Waals surface area contributed by atoms with Crippen molar-refractivity contribution in [2.24, 2.45) is 5.92 Å². The van der Waals surface area contributed by atoms with Crippen molar-refractivity contribution in [1.82, 2.24) is 19.9 Å². The molecule has 1 aliphatic rings. The van der Waals surface area contributed by atoms with Gasteiger partial charge in [0, 0.05) is 23.5 Å². The number of hydrogen-bond donors (Lipinski definition) is 2. The molecule has 166 valence electrons. The molecule has 0 saturated heterocycles. The van der Waals surface area contributed by atoms with Crippen LogP contribution in [0.3, 0.4) is 0 Å². The molecule has 4 aromatic rings. The standard InChI is InChI=1S/C24H24N4O2.C2H6/c1-13(2)21-22-26-19-9-8-14(3)10-17(19)24(30)28(22)20(23(29)27-21)11-15-12-25-18-7-5-4-6-16(15)18;1-2/h4-10,12-13,20-21,25H,11H2,1-3H3,(H,27,29);1-2H3. The summed E-state index contributed by atoms with van der Waals surface area (Å²) in [7, 11) is 0. The zero-order valence-corrected chi connectivity index (χ0v) is 19.3. The van der Waals surface area contributed by atoms with E-state index in [0.717, 1.165) is 22.0 Å². The summed E-state index contributed by atoms with van der Waals surface area (Å²) < 4.78 is 1.63. The Bertz CT molecular complexity index is 1350. The second kappa shape index (κ2) is 8.61. The van der Waals surface area contributed by atoms with Crippen LogP contribution >= 0.6 is 0 Å². The van der Waals surface area contributed by atoms with Crippen molar-refractivity contribution in [2.45, 2.75) is 53.1 Å². The molecule has 0 fully saturated rings. The van der Waals surface area contributed by atoms with E-state index < -0.39 is 6.04 Å². The predicted octanol–water partition coefficient (Wildman–Crippen LogP) is 4.82. The molecule has 0 aliphatic carbocycles. The Hall–Kier alpha value is -3.41. The highest BCUT2D eigenvalue weighted by atomic mass is 16.2. The molecular weight excluding hydrogens is 400 g/mol. The van der Waals surface area contributed by atoms with Gasteiger partial charge in [0.25, 0.3) is 5.56 Å². The third-order valence-corrected chi connectivity index (χ3v) is 6.03. The van der Waals surface area contributed by atoms with E-state index in [2.05, 4.69) is 10.3 Å². The minimum absolute atomic E-state index is 0.115. The SMILES string of the molecule is CC.Cc1ccc2nc3n(c(=O)c2c1)C(Cc1c[nH]c2ccccc12)C(=O)NC3C(C)C. The van der Waals surface area contributed by atoms with Crippen LogP contribution in [0.5, 0.6) is 0 Å². The minimum Gasteiger partial charge on any atom is -0.361 e. The lowest BCUT2D eigenvalue weighted by Gasteiger charge is -2.34.